The zero-order valence-electron chi connectivity index (χ0n) is 19.0. The van der Waals surface area contributed by atoms with Crippen LogP contribution in [-0.4, -0.2) is 51.8 Å². The Morgan fingerprint density at radius 3 is 2.62 bits per heavy atom. The molecule has 34 heavy (non-hydrogen) atoms. The van der Waals surface area contributed by atoms with Gasteiger partial charge in [-0.25, -0.2) is 4.98 Å². The minimum atomic E-state index is -0.576. The highest BCUT2D eigenvalue weighted by atomic mass is 16.6. The lowest BCUT2D eigenvalue weighted by Crippen LogP contribution is -2.35. The summed E-state index contributed by atoms with van der Waals surface area (Å²) in [5.41, 5.74) is 7.53. The number of rotatable bonds is 11. The molecule has 0 bridgehead atoms. The number of anilines is 2. The molecule has 0 aliphatic carbocycles. The largest absolute Gasteiger partial charge is 0.497 e. The quantitative estimate of drug-likeness (QED) is 0.190. The van der Waals surface area contributed by atoms with E-state index in [1.54, 1.807) is 20.2 Å². The fourth-order valence-electron chi connectivity index (χ4n) is 3.36. The number of carbonyl (C=O) groups excluding carboxylic acids is 1. The highest BCUT2D eigenvalue weighted by Crippen LogP contribution is 2.27. The van der Waals surface area contributed by atoms with E-state index < -0.39 is 4.92 Å². The van der Waals surface area contributed by atoms with Crippen molar-refractivity contribution in [1.29, 1.82) is 0 Å². The first-order chi connectivity index (χ1) is 16.3. The van der Waals surface area contributed by atoms with Crippen LogP contribution in [0, 0.1) is 10.1 Å². The standard InChI is InChI=1S/C23H28N6O5/c1-15(14-30)26-23(31)19-13-28(12-18(19)16-4-6-17(34-2)7-5-16)11-3-10-25-21-9-8-20(29(32)33)22(24)27-21/h4-9,12-13,15,30H,3,10-11,14H2,1-2H3,(H,26,31)(H3,24,25,27)/t15-/m0/s1. The molecule has 0 saturated heterocycles. The topological polar surface area (TPSA) is 158 Å². The summed E-state index contributed by atoms with van der Waals surface area (Å²) in [6.45, 7) is 2.73. The average molecular weight is 469 g/mol. The van der Waals surface area contributed by atoms with E-state index in [0.717, 1.165) is 16.9 Å². The molecule has 1 aromatic carbocycles. The van der Waals surface area contributed by atoms with Gasteiger partial charge in [-0.2, -0.15) is 0 Å². The summed E-state index contributed by atoms with van der Waals surface area (Å²) in [6, 6.07) is 9.89. The number of aromatic nitrogens is 2. The zero-order chi connectivity index (χ0) is 24.7. The second-order valence-electron chi connectivity index (χ2n) is 7.75. The van der Waals surface area contributed by atoms with E-state index in [-0.39, 0.29) is 30.1 Å². The molecule has 0 radical (unpaired) electrons. The molecule has 1 amide bonds. The highest BCUT2D eigenvalue weighted by molar-refractivity contribution is 6.01. The Kier molecular flexibility index (Phi) is 8.04. The Morgan fingerprint density at radius 1 is 1.26 bits per heavy atom. The van der Waals surface area contributed by atoms with Crippen molar-refractivity contribution in [3.63, 3.8) is 0 Å². The van der Waals surface area contributed by atoms with Crippen LogP contribution in [0.1, 0.15) is 23.7 Å². The normalized spacial score (nSPS) is 11.6. The lowest BCUT2D eigenvalue weighted by molar-refractivity contribution is -0.384. The molecule has 0 aliphatic heterocycles. The number of aryl methyl sites for hydroxylation is 1. The third kappa shape index (κ3) is 6.01. The first-order valence-corrected chi connectivity index (χ1v) is 10.7. The maximum atomic E-state index is 12.8. The first-order valence-electron chi connectivity index (χ1n) is 10.7. The molecule has 3 rings (SSSR count). The molecule has 0 spiro atoms. The molecule has 2 aromatic heterocycles. The number of hydrogen-bond acceptors (Lipinski definition) is 8. The van der Waals surface area contributed by atoms with Gasteiger partial charge in [0.25, 0.3) is 5.91 Å². The van der Waals surface area contributed by atoms with Crippen molar-refractivity contribution in [2.45, 2.75) is 25.9 Å². The zero-order valence-corrected chi connectivity index (χ0v) is 19.0. The summed E-state index contributed by atoms with van der Waals surface area (Å²) in [4.78, 5) is 27.1. The maximum Gasteiger partial charge on any atom is 0.311 e. The number of pyridine rings is 1. The highest BCUT2D eigenvalue weighted by Gasteiger charge is 2.18. The third-order valence-electron chi connectivity index (χ3n) is 5.18. The van der Waals surface area contributed by atoms with Crippen LogP contribution in [0.4, 0.5) is 17.3 Å². The van der Waals surface area contributed by atoms with Crippen molar-refractivity contribution in [3.8, 4) is 16.9 Å². The van der Waals surface area contributed by atoms with Crippen molar-refractivity contribution in [1.82, 2.24) is 14.9 Å². The van der Waals surface area contributed by atoms with Gasteiger partial charge in [-0.15, -0.1) is 0 Å². The molecule has 180 valence electrons. The number of nitrogen functional groups attached to an aromatic ring is 1. The van der Waals surface area contributed by atoms with Gasteiger partial charge in [0.2, 0.25) is 5.82 Å². The monoisotopic (exact) mass is 468 g/mol. The Morgan fingerprint density at radius 2 is 2.00 bits per heavy atom. The number of nitrogens with one attached hydrogen (secondary N) is 2. The van der Waals surface area contributed by atoms with Gasteiger partial charge in [-0.3, -0.25) is 14.9 Å². The van der Waals surface area contributed by atoms with Crippen LogP contribution in [-0.2, 0) is 6.54 Å². The second-order valence-corrected chi connectivity index (χ2v) is 7.75. The average Bonchev–Trinajstić information content (AvgIpc) is 3.26. The summed E-state index contributed by atoms with van der Waals surface area (Å²) < 4.78 is 7.15. The number of methoxy groups -OCH3 is 1. The van der Waals surface area contributed by atoms with Gasteiger partial charge >= 0.3 is 5.69 Å². The molecule has 3 aromatic rings. The van der Waals surface area contributed by atoms with Crippen LogP contribution in [0.2, 0.25) is 0 Å². The molecule has 0 aliphatic rings. The number of benzene rings is 1. The molecule has 2 heterocycles. The Bertz CT molecular complexity index is 1150. The lowest BCUT2D eigenvalue weighted by atomic mass is 10.0. The van der Waals surface area contributed by atoms with Crippen LogP contribution in [0.5, 0.6) is 5.75 Å². The van der Waals surface area contributed by atoms with E-state index in [2.05, 4.69) is 15.6 Å². The number of nitro groups is 1. The summed E-state index contributed by atoms with van der Waals surface area (Å²) >= 11 is 0. The van der Waals surface area contributed by atoms with Gasteiger partial charge in [0.1, 0.15) is 11.6 Å². The van der Waals surface area contributed by atoms with Crippen LogP contribution < -0.4 is 21.1 Å². The summed E-state index contributed by atoms with van der Waals surface area (Å²) in [5, 5.41) is 26.0. The van der Waals surface area contributed by atoms with E-state index >= 15 is 0 Å². The maximum absolute atomic E-state index is 12.8. The molecule has 1 atom stereocenters. The first kappa shape index (κ1) is 24.5. The molecule has 0 fully saturated rings. The van der Waals surface area contributed by atoms with Gasteiger partial charge < -0.3 is 30.8 Å². The van der Waals surface area contributed by atoms with Gasteiger partial charge in [-0.1, -0.05) is 12.1 Å². The summed E-state index contributed by atoms with van der Waals surface area (Å²) in [6.07, 6.45) is 4.38. The van der Waals surface area contributed by atoms with Gasteiger partial charge in [0.15, 0.2) is 0 Å². The Hall–Kier alpha value is -4.12. The molecular weight excluding hydrogens is 440 g/mol. The molecule has 11 nitrogen and oxygen atoms in total. The predicted octanol–water partition coefficient (Wildman–Crippen LogP) is 2.66. The van der Waals surface area contributed by atoms with Crippen molar-refractivity contribution in [2.75, 3.05) is 31.3 Å². The second kappa shape index (κ2) is 11.1. The minimum Gasteiger partial charge on any atom is -0.497 e. The predicted molar refractivity (Wildman–Crippen MR) is 129 cm³/mol. The smallest absolute Gasteiger partial charge is 0.311 e. The molecule has 0 saturated carbocycles. The number of carbonyl (C=O) groups is 1. The van der Waals surface area contributed by atoms with Crippen LogP contribution in [0.25, 0.3) is 11.1 Å². The number of ether oxygens (including phenoxy) is 1. The van der Waals surface area contributed by atoms with E-state index in [4.69, 9.17) is 10.5 Å². The van der Waals surface area contributed by atoms with Crippen molar-refractivity contribution >= 4 is 23.2 Å². The van der Waals surface area contributed by atoms with Crippen molar-refractivity contribution < 1.29 is 19.6 Å². The SMILES string of the molecule is COc1ccc(-c2cn(CCCNc3ccc([N+](=O)[O-])c(N)n3)cc2C(=O)N[C@@H](C)CO)cc1. The fraction of sp³-hybridized carbons (Fsp3) is 0.304. The fourth-order valence-corrected chi connectivity index (χ4v) is 3.36. The van der Waals surface area contributed by atoms with Gasteiger partial charge in [0, 0.05) is 43.2 Å². The lowest BCUT2D eigenvalue weighted by Gasteiger charge is -2.11. The number of nitrogens with two attached hydrogens (primary N) is 1. The Balaban J connectivity index is 1.70. The van der Waals surface area contributed by atoms with E-state index in [1.807, 2.05) is 35.0 Å². The summed E-state index contributed by atoms with van der Waals surface area (Å²) in [7, 11) is 1.59. The van der Waals surface area contributed by atoms with Gasteiger partial charge in [-0.05, 0) is 37.1 Å². The third-order valence-corrected chi connectivity index (χ3v) is 5.18. The van der Waals surface area contributed by atoms with E-state index in [1.165, 1.54) is 12.1 Å². The van der Waals surface area contributed by atoms with Crippen LogP contribution in [0.3, 0.4) is 0 Å². The van der Waals surface area contributed by atoms with E-state index in [0.29, 0.717) is 30.9 Å². The van der Waals surface area contributed by atoms with Crippen molar-refractivity contribution in [3.05, 3.63) is 64.5 Å². The number of hydrogen-bond donors (Lipinski definition) is 4. The van der Waals surface area contributed by atoms with Crippen molar-refractivity contribution in [2.24, 2.45) is 0 Å². The number of aliphatic hydroxyl groups is 1. The molecule has 0 unspecified atom stereocenters. The van der Waals surface area contributed by atoms with Crippen LogP contribution in [0.15, 0.2) is 48.8 Å². The Labute approximate surface area is 196 Å². The number of amides is 1. The molecule has 5 N–H and O–H groups in total. The van der Waals surface area contributed by atoms with E-state index in [9.17, 15) is 20.0 Å². The van der Waals surface area contributed by atoms with Gasteiger partial charge in [0.05, 0.1) is 24.2 Å². The molecule has 11 heteroatoms. The molecular formula is C23H28N6O5. The van der Waals surface area contributed by atoms with Crippen LogP contribution >= 0.6 is 0 Å². The summed E-state index contributed by atoms with van der Waals surface area (Å²) in [5.74, 6) is 0.759. The number of aliphatic hydroxyl groups excluding tert-OH is 1. The minimum absolute atomic E-state index is 0.141. The number of nitrogens with zero attached hydrogens (tertiary/aromatic N) is 3.